The number of amidine groups is 1. The first-order valence-electron chi connectivity index (χ1n) is 6.30. The first-order valence-corrected chi connectivity index (χ1v) is 6.30. The van der Waals surface area contributed by atoms with Gasteiger partial charge in [-0.25, -0.2) is 4.79 Å². The highest BCUT2D eigenvalue weighted by atomic mass is 16.6. The highest BCUT2D eigenvalue weighted by molar-refractivity contribution is 6.28. The maximum absolute atomic E-state index is 11.7. The molecular formula is C12H17N3O4. The lowest BCUT2D eigenvalue weighted by atomic mass is 9.70. The van der Waals surface area contributed by atoms with Crippen LogP contribution in [0.2, 0.25) is 0 Å². The maximum Gasteiger partial charge on any atom is 0.690 e. The van der Waals surface area contributed by atoms with Gasteiger partial charge in [0.05, 0.1) is 0 Å². The van der Waals surface area contributed by atoms with Crippen LogP contribution in [0.1, 0.15) is 40.0 Å². The Morgan fingerprint density at radius 1 is 1.47 bits per heavy atom. The summed E-state index contributed by atoms with van der Waals surface area (Å²) in [4.78, 5) is 23.7. The van der Waals surface area contributed by atoms with Crippen LogP contribution in [0.4, 0.5) is 0 Å². The first-order chi connectivity index (χ1) is 8.72. The summed E-state index contributed by atoms with van der Waals surface area (Å²) in [5.74, 6) is -1.87. The normalized spacial score (nSPS) is 34.7. The fourth-order valence-electron chi connectivity index (χ4n) is 3.86. The van der Waals surface area contributed by atoms with Crippen LogP contribution in [-0.2, 0) is 9.53 Å². The third kappa shape index (κ3) is 1.94. The quantitative estimate of drug-likeness (QED) is 0.137. The zero-order chi connectivity index (χ0) is 14.4. The van der Waals surface area contributed by atoms with Crippen LogP contribution in [0.15, 0.2) is 0 Å². The Morgan fingerprint density at radius 2 is 2.11 bits per heavy atom. The van der Waals surface area contributed by atoms with E-state index in [1.54, 1.807) is 0 Å². The Labute approximate surface area is 110 Å². The van der Waals surface area contributed by atoms with Crippen LogP contribution in [-0.4, -0.2) is 27.6 Å². The highest BCUT2D eigenvalue weighted by Gasteiger charge is 2.62. The van der Waals surface area contributed by atoms with Crippen LogP contribution in [0.3, 0.4) is 0 Å². The lowest BCUT2D eigenvalue weighted by molar-refractivity contribution is -0.384. The molecule has 0 amide bonds. The third-order valence-electron chi connectivity index (χ3n) is 4.81. The van der Waals surface area contributed by atoms with Crippen molar-refractivity contribution in [1.29, 1.82) is 0 Å². The van der Waals surface area contributed by atoms with Crippen LogP contribution in [0.5, 0.6) is 0 Å². The molecule has 0 saturated heterocycles. The Morgan fingerprint density at radius 3 is 2.53 bits per heavy atom. The van der Waals surface area contributed by atoms with E-state index < -0.39 is 16.7 Å². The van der Waals surface area contributed by atoms with Crippen LogP contribution < -0.4 is 0 Å². The number of ether oxygens (including phenoxy) is 1. The Hall–Kier alpha value is -1.75. The second-order valence-electron chi connectivity index (χ2n) is 6.38. The fourth-order valence-corrected chi connectivity index (χ4v) is 3.86. The van der Waals surface area contributed by atoms with E-state index in [2.05, 4.69) is 4.79 Å². The average Bonchev–Trinajstić information content (AvgIpc) is 2.76. The van der Waals surface area contributed by atoms with Gasteiger partial charge < -0.3 is 10.3 Å². The predicted molar refractivity (Wildman–Crippen MR) is 64.7 cm³/mol. The summed E-state index contributed by atoms with van der Waals surface area (Å²) < 4.78 is 5.31. The number of fused-ring (bicyclic) bond motifs is 2. The van der Waals surface area contributed by atoms with Crippen molar-refractivity contribution in [3.63, 3.8) is 0 Å². The molecule has 2 rings (SSSR count). The van der Waals surface area contributed by atoms with Crippen molar-refractivity contribution in [3.05, 3.63) is 15.6 Å². The number of carbonyl (C=O) groups is 1. The molecule has 0 aliphatic heterocycles. The molecule has 2 aliphatic rings. The molecule has 0 spiro atoms. The first kappa shape index (κ1) is 13.7. The molecule has 2 aliphatic carbocycles. The van der Waals surface area contributed by atoms with Gasteiger partial charge in [0.1, 0.15) is 6.10 Å². The summed E-state index contributed by atoms with van der Waals surface area (Å²) in [6.45, 7) is 6.07. The van der Waals surface area contributed by atoms with Gasteiger partial charge in [0.25, 0.3) is 0 Å². The minimum Gasteiger partial charge on any atom is -0.447 e. The van der Waals surface area contributed by atoms with Crippen molar-refractivity contribution in [2.45, 2.75) is 46.1 Å². The summed E-state index contributed by atoms with van der Waals surface area (Å²) in [5, 5.41) is 10.6. The predicted octanol–water partition coefficient (Wildman–Crippen LogP) is 1.65. The SMILES string of the molecule is CC1(C)[C@@H]2CC[C@@](C)(C2)[C@@H]1OC(=O)C(=[N+]=[N-])[N+](=O)[O-]. The van der Waals surface area contributed by atoms with Gasteiger partial charge in [-0.15, -0.1) is 0 Å². The minimum absolute atomic E-state index is 0.138. The van der Waals surface area contributed by atoms with Gasteiger partial charge >= 0.3 is 11.8 Å². The van der Waals surface area contributed by atoms with Crippen molar-refractivity contribution in [3.8, 4) is 0 Å². The summed E-state index contributed by atoms with van der Waals surface area (Å²) in [7, 11) is 0. The number of esters is 1. The van der Waals surface area contributed by atoms with Gasteiger partial charge in [0.2, 0.25) is 0 Å². The van der Waals surface area contributed by atoms with E-state index in [0.717, 1.165) is 19.3 Å². The number of nitrogens with zero attached hydrogens (tertiary/aromatic N) is 3. The minimum atomic E-state index is -1.17. The standard InChI is InChI=1S/C12H17N3O4/c1-11(2)7-4-5-12(3,6-7)10(11)19-9(16)8(14-13)15(17)18/h7,10H,4-6H2,1-3H3/t7-,10-,12+/m1/s1. The van der Waals surface area contributed by atoms with E-state index in [4.69, 9.17) is 10.3 Å². The molecule has 0 aromatic carbocycles. The largest absolute Gasteiger partial charge is 0.690 e. The maximum atomic E-state index is 11.7. The zero-order valence-electron chi connectivity index (χ0n) is 11.3. The molecule has 19 heavy (non-hydrogen) atoms. The number of hydrogen-bond donors (Lipinski definition) is 0. The van der Waals surface area contributed by atoms with Gasteiger partial charge in [-0.05, 0) is 25.2 Å². The van der Waals surface area contributed by atoms with Crippen LogP contribution in [0.25, 0.3) is 5.53 Å². The summed E-state index contributed by atoms with van der Waals surface area (Å²) >= 11 is 0. The van der Waals surface area contributed by atoms with Gasteiger partial charge in [-0.1, -0.05) is 25.6 Å². The average molecular weight is 267 g/mol. The highest BCUT2D eigenvalue weighted by Crippen LogP contribution is 2.63. The number of hydrogen-bond acceptors (Lipinski definition) is 4. The molecule has 0 heterocycles. The topological polar surface area (TPSA) is 106 Å². The van der Waals surface area contributed by atoms with Gasteiger partial charge in [0.15, 0.2) is 4.92 Å². The number of carbonyl (C=O) groups excluding carboxylic acids is 1. The second kappa shape index (κ2) is 4.13. The molecule has 2 saturated carbocycles. The van der Waals surface area contributed by atoms with Gasteiger partial charge in [-0.3, -0.25) is 10.1 Å². The Bertz CT molecular complexity index is 490. The van der Waals surface area contributed by atoms with E-state index in [0.29, 0.717) is 5.92 Å². The molecule has 104 valence electrons. The molecular weight excluding hydrogens is 250 g/mol. The third-order valence-corrected chi connectivity index (χ3v) is 4.81. The fraction of sp³-hybridized carbons (Fsp3) is 0.833. The van der Waals surface area contributed by atoms with Crippen molar-refractivity contribution in [2.75, 3.05) is 0 Å². The van der Waals surface area contributed by atoms with Gasteiger partial charge in [-0.2, -0.15) is 0 Å². The second-order valence-corrected chi connectivity index (χ2v) is 6.38. The van der Waals surface area contributed by atoms with E-state index >= 15 is 0 Å². The molecule has 0 N–H and O–H groups in total. The van der Waals surface area contributed by atoms with Gasteiger partial charge in [0, 0.05) is 10.8 Å². The summed E-state index contributed by atoms with van der Waals surface area (Å²) in [5.41, 5.74) is 8.17. The lowest BCUT2D eigenvalue weighted by Crippen LogP contribution is -2.45. The molecule has 0 radical (unpaired) electrons. The summed E-state index contributed by atoms with van der Waals surface area (Å²) in [6.07, 6.45) is 2.61. The van der Waals surface area contributed by atoms with E-state index in [-0.39, 0.29) is 16.9 Å². The van der Waals surface area contributed by atoms with Crippen molar-refractivity contribution in [2.24, 2.45) is 16.7 Å². The lowest BCUT2D eigenvalue weighted by Gasteiger charge is -2.40. The zero-order valence-corrected chi connectivity index (χ0v) is 11.3. The number of rotatable bonds is 1. The molecule has 0 unspecified atom stereocenters. The van der Waals surface area contributed by atoms with Crippen LogP contribution >= 0.6 is 0 Å². The molecule has 7 nitrogen and oxygen atoms in total. The van der Waals surface area contributed by atoms with Crippen molar-refractivity contribution >= 4 is 11.8 Å². The van der Waals surface area contributed by atoms with E-state index in [9.17, 15) is 14.9 Å². The molecule has 7 heteroatoms. The Balaban J connectivity index is 2.22. The van der Waals surface area contributed by atoms with E-state index in [1.165, 1.54) is 0 Å². The molecule has 0 aromatic heterocycles. The van der Waals surface area contributed by atoms with Crippen molar-refractivity contribution < 1.29 is 19.2 Å². The summed E-state index contributed by atoms with van der Waals surface area (Å²) in [6, 6.07) is 0. The molecule has 3 atom stereocenters. The van der Waals surface area contributed by atoms with E-state index in [1.807, 2.05) is 20.8 Å². The monoisotopic (exact) mass is 267 g/mol. The number of nitro groups is 1. The van der Waals surface area contributed by atoms with Crippen LogP contribution in [0, 0.1) is 26.9 Å². The molecule has 2 bridgehead atoms. The Kier molecular flexibility index (Phi) is 2.97. The molecule has 2 fully saturated rings. The molecule has 0 aromatic rings. The smallest absolute Gasteiger partial charge is 0.447 e. The van der Waals surface area contributed by atoms with Crippen molar-refractivity contribution in [1.82, 2.24) is 0 Å².